The summed E-state index contributed by atoms with van der Waals surface area (Å²) in [5.74, 6) is 1.94. The van der Waals surface area contributed by atoms with Gasteiger partial charge in [-0.1, -0.05) is 17.7 Å². The second kappa shape index (κ2) is 7.10. The monoisotopic (exact) mass is 327 g/mol. The molecule has 0 amide bonds. The highest BCUT2D eigenvalue weighted by Gasteiger charge is 2.37. The summed E-state index contributed by atoms with van der Waals surface area (Å²) in [5.41, 5.74) is 5.52. The Labute approximate surface area is 145 Å². The van der Waals surface area contributed by atoms with Crippen LogP contribution in [0.1, 0.15) is 47.9 Å². The van der Waals surface area contributed by atoms with Crippen LogP contribution >= 0.6 is 0 Å². The Kier molecular flexibility index (Phi) is 5.09. The first kappa shape index (κ1) is 17.2. The Bertz CT molecular complexity index is 645. The molecule has 1 N–H and O–H groups in total. The summed E-state index contributed by atoms with van der Waals surface area (Å²) >= 11 is 0. The van der Waals surface area contributed by atoms with Crippen molar-refractivity contribution in [2.24, 2.45) is 11.8 Å². The van der Waals surface area contributed by atoms with Crippen molar-refractivity contribution in [3.05, 3.63) is 40.1 Å². The van der Waals surface area contributed by atoms with Crippen LogP contribution < -0.4 is 5.32 Å². The fraction of sp³-hybridized carbons (Fsp3) is 0.571. The van der Waals surface area contributed by atoms with Crippen molar-refractivity contribution >= 4 is 11.4 Å². The van der Waals surface area contributed by atoms with Crippen molar-refractivity contribution in [3.8, 4) is 0 Å². The molecule has 3 nitrogen and oxygen atoms in total. The first-order valence-corrected chi connectivity index (χ1v) is 9.11. The van der Waals surface area contributed by atoms with Gasteiger partial charge in [-0.3, -0.25) is 4.79 Å². The van der Waals surface area contributed by atoms with Crippen molar-refractivity contribution in [1.82, 2.24) is 5.32 Å². The molecule has 1 atom stereocenters. The summed E-state index contributed by atoms with van der Waals surface area (Å²) in [4.78, 5) is 13.2. The highest BCUT2D eigenvalue weighted by molar-refractivity contribution is 6.25. The Balaban J connectivity index is 1.88. The lowest BCUT2D eigenvalue weighted by molar-refractivity contribution is -0.117. The van der Waals surface area contributed by atoms with Crippen LogP contribution in [0, 0.1) is 32.6 Å². The van der Waals surface area contributed by atoms with Gasteiger partial charge in [0.2, 0.25) is 0 Å². The molecule has 24 heavy (non-hydrogen) atoms. The molecule has 0 bridgehead atoms. The van der Waals surface area contributed by atoms with Gasteiger partial charge >= 0.3 is 0 Å². The summed E-state index contributed by atoms with van der Waals surface area (Å²) in [5, 5.41) is 3.41. The van der Waals surface area contributed by atoms with Crippen LogP contribution in [0.15, 0.2) is 17.9 Å². The van der Waals surface area contributed by atoms with E-state index in [2.05, 4.69) is 38.2 Å². The number of Topliss-reactive ketones (excluding diaryl/α,β-unsaturated/α-hetero) is 1. The Morgan fingerprint density at radius 1 is 1.12 bits per heavy atom. The number of carbonyl (C=O) groups excluding carboxylic acids is 1. The molecule has 2 aliphatic rings. The van der Waals surface area contributed by atoms with Crippen LogP contribution in [-0.2, 0) is 9.53 Å². The molecule has 1 aliphatic heterocycles. The molecule has 1 saturated heterocycles. The zero-order chi connectivity index (χ0) is 17.3. The van der Waals surface area contributed by atoms with E-state index < -0.39 is 0 Å². The summed E-state index contributed by atoms with van der Waals surface area (Å²) < 4.78 is 5.65. The minimum atomic E-state index is 0.0955. The van der Waals surface area contributed by atoms with E-state index in [0.29, 0.717) is 11.7 Å². The molecule has 0 radical (unpaired) electrons. The van der Waals surface area contributed by atoms with Gasteiger partial charge in [0.15, 0.2) is 5.78 Å². The average Bonchev–Trinajstić information content (AvgIpc) is 2.84. The molecule has 1 unspecified atom stereocenters. The highest BCUT2D eigenvalue weighted by Crippen LogP contribution is 2.41. The number of methoxy groups -OCH3 is 1. The first-order valence-electron chi connectivity index (χ1n) is 9.11. The minimum absolute atomic E-state index is 0.0955. The van der Waals surface area contributed by atoms with E-state index in [1.165, 1.54) is 29.5 Å². The molecule has 130 valence electrons. The van der Waals surface area contributed by atoms with Gasteiger partial charge in [0.05, 0.1) is 12.7 Å². The van der Waals surface area contributed by atoms with Crippen LogP contribution in [0.3, 0.4) is 0 Å². The fourth-order valence-electron chi connectivity index (χ4n) is 4.49. The average molecular weight is 327 g/mol. The maximum atomic E-state index is 13.2. The number of nitrogens with one attached hydrogen (secondary N) is 1. The number of ether oxygens (including phenoxy) is 1. The van der Waals surface area contributed by atoms with E-state index in [-0.39, 0.29) is 5.92 Å². The third kappa shape index (κ3) is 3.27. The van der Waals surface area contributed by atoms with Gasteiger partial charge in [0, 0.05) is 12.3 Å². The van der Waals surface area contributed by atoms with E-state index in [4.69, 9.17) is 4.74 Å². The van der Waals surface area contributed by atoms with Crippen molar-refractivity contribution in [3.63, 3.8) is 0 Å². The number of rotatable bonds is 4. The topological polar surface area (TPSA) is 38.3 Å². The van der Waals surface area contributed by atoms with Crippen molar-refractivity contribution in [1.29, 1.82) is 0 Å². The number of carbonyl (C=O) groups is 1. The van der Waals surface area contributed by atoms with Gasteiger partial charge in [-0.2, -0.15) is 0 Å². The maximum absolute atomic E-state index is 13.2. The smallest absolute Gasteiger partial charge is 0.170 e. The van der Waals surface area contributed by atoms with Gasteiger partial charge in [-0.05, 0) is 75.7 Å². The molecule has 1 heterocycles. The lowest BCUT2D eigenvalue weighted by Crippen LogP contribution is -2.29. The molecule has 3 heteroatoms. The molecular formula is C21H29NO2. The van der Waals surface area contributed by atoms with Crippen LogP contribution in [0.25, 0.3) is 5.57 Å². The quantitative estimate of drug-likeness (QED) is 0.910. The van der Waals surface area contributed by atoms with Crippen LogP contribution in [0.5, 0.6) is 0 Å². The molecule has 1 aliphatic carbocycles. The van der Waals surface area contributed by atoms with E-state index in [1.807, 2.05) is 0 Å². The normalized spacial score (nSPS) is 22.3. The Morgan fingerprint density at radius 3 is 2.33 bits per heavy atom. The molecule has 0 spiro atoms. The second-order valence-corrected chi connectivity index (χ2v) is 7.47. The van der Waals surface area contributed by atoms with Gasteiger partial charge in [-0.25, -0.2) is 0 Å². The summed E-state index contributed by atoms with van der Waals surface area (Å²) in [6, 6.07) is 4.33. The standard InChI is InChI=1S/C21H29NO2/c1-13-9-14(2)19(15(3)10-13)20-18(24-4)12-17(21(20)23)11-16-5-7-22-8-6-16/h9-10,16-17,22H,5-8,11-12H2,1-4H3. The number of benzene rings is 1. The van der Waals surface area contributed by atoms with E-state index >= 15 is 0 Å². The third-order valence-corrected chi connectivity index (χ3v) is 5.58. The number of hydrogen-bond donors (Lipinski definition) is 1. The van der Waals surface area contributed by atoms with Crippen LogP contribution in [0.2, 0.25) is 0 Å². The SMILES string of the molecule is COC1=C(c2c(C)cc(C)cc2C)C(=O)C(CC2CCNCC2)C1. The van der Waals surface area contributed by atoms with Crippen molar-refractivity contribution in [2.75, 3.05) is 20.2 Å². The molecule has 1 aromatic carbocycles. The number of hydrogen-bond acceptors (Lipinski definition) is 3. The van der Waals surface area contributed by atoms with Gasteiger partial charge in [0.25, 0.3) is 0 Å². The molecule has 0 aromatic heterocycles. The predicted octanol–water partition coefficient (Wildman–Crippen LogP) is 3.95. The zero-order valence-corrected chi connectivity index (χ0v) is 15.4. The summed E-state index contributed by atoms with van der Waals surface area (Å²) in [6.07, 6.45) is 4.14. The van der Waals surface area contributed by atoms with Gasteiger partial charge in [-0.15, -0.1) is 0 Å². The number of aryl methyl sites for hydroxylation is 3. The Morgan fingerprint density at radius 2 is 1.75 bits per heavy atom. The largest absolute Gasteiger partial charge is 0.500 e. The number of piperidine rings is 1. The first-order chi connectivity index (χ1) is 11.5. The summed E-state index contributed by atoms with van der Waals surface area (Å²) in [7, 11) is 1.70. The van der Waals surface area contributed by atoms with Crippen molar-refractivity contribution in [2.45, 2.75) is 46.5 Å². The third-order valence-electron chi connectivity index (χ3n) is 5.58. The summed E-state index contributed by atoms with van der Waals surface area (Å²) in [6.45, 7) is 8.47. The molecule has 0 saturated carbocycles. The zero-order valence-electron chi connectivity index (χ0n) is 15.4. The molecular weight excluding hydrogens is 298 g/mol. The Hall–Kier alpha value is -1.61. The predicted molar refractivity (Wildman–Crippen MR) is 97.9 cm³/mol. The lowest BCUT2D eigenvalue weighted by atomic mass is 9.84. The van der Waals surface area contributed by atoms with E-state index in [0.717, 1.165) is 42.8 Å². The second-order valence-electron chi connectivity index (χ2n) is 7.47. The number of ketones is 1. The molecule has 3 rings (SSSR count). The van der Waals surface area contributed by atoms with E-state index in [9.17, 15) is 4.79 Å². The van der Waals surface area contributed by atoms with Crippen LogP contribution in [-0.4, -0.2) is 26.0 Å². The lowest BCUT2D eigenvalue weighted by Gasteiger charge is -2.24. The van der Waals surface area contributed by atoms with Gasteiger partial charge < -0.3 is 10.1 Å². The maximum Gasteiger partial charge on any atom is 0.170 e. The highest BCUT2D eigenvalue weighted by atomic mass is 16.5. The fourth-order valence-corrected chi connectivity index (χ4v) is 4.49. The van der Waals surface area contributed by atoms with Gasteiger partial charge in [0.1, 0.15) is 5.76 Å². The molecule has 1 aromatic rings. The van der Waals surface area contributed by atoms with Crippen molar-refractivity contribution < 1.29 is 9.53 Å². The van der Waals surface area contributed by atoms with E-state index in [1.54, 1.807) is 7.11 Å². The van der Waals surface area contributed by atoms with Crippen LogP contribution in [0.4, 0.5) is 0 Å². The minimum Gasteiger partial charge on any atom is -0.500 e. The molecule has 1 fully saturated rings. The number of allylic oxidation sites excluding steroid dienone is 2.